The number of hydrogen-bond donors (Lipinski definition) is 0. The first kappa shape index (κ1) is 15.1. The predicted octanol–water partition coefficient (Wildman–Crippen LogP) is 4.38. The van der Waals surface area contributed by atoms with Gasteiger partial charge in [0.05, 0.1) is 19.8 Å². The van der Waals surface area contributed by atoms with E-state index in [0.29, 0.717) is 21.9 Å². The second-order valence-corrected chi connectivity index (χ2v) is 6.13. The molecule has 2 rings (SSSR count). The number of hydrogen-bond acceptors (Lipinski definition) is 4. The molecule has 106 valence electrons. The van der Waals surface area contributed by atoms with Crippen LogP contribution in [-0.4, -0.2) is 20.0 Å². The molecule has 0 unspecified atom stereocenters. The Morgan fingerprint density at radius 1 is 1.25 bits per heavy atom. The average Bonchev–Trinajstić information content (AvgIpc) is 2.90. The fourth-order valence-corrected chi connectivity index (χ4v) is 3.47. The number of ether oxygens (including phenoxy) is 2. The normalized spacial score (nSPS) is 10.4. The van der Waals surface area contributed by atoms with Crippen molar-refractivity contribution in [2.24, 2.45) is 0 Å². The van der Waals surface area contributed by atoms with E-state index < -0.39 is 0 Å². The maximum Gasteiger partial charge on any atom is 0.210 e. The van der Waals surface area contributed by atoms with Gasteiger partial charge >= 0.3 is 0 Å². The van der Waals surface area contributed by atoms with Crippen molar-refractivity contribution in [2.45, 2.75) is 13.8 Å². The standard InChI is InChI=1S/C15H15BrO3S/c1-8-7-10(16)9(2)12(14(8)19-4)13(17)15-11(18-3)5-6-20-15/h5-7H,1-4H3. The van der Waals surface area contributed by atoms with Crippen LogP contribution in [0.2, 0.25) is 0 Å². The molecule has 1 aromatic carbocycles. The zero-order valence-electron chi connectivity index (χ0n) is 11.7. The van der Waals surface area contributed by atoms with Gasteiger partial charge in [0.15, 0.2) is 0 Å². The van der Waals surface area contributed by atoms with Crippen LogP contribution >= 0.6 is 27.3 Å². The summed E-state index contributed by atoms with van der Waals surface area (Å²) in [4.78, 5) is 13.4. The highest BCUT2D eigenvalue weighted by Crippen LogP contribution is 2.36. The quantitative estimate of drug-likeness (QED) is 0.764. The molecule has 0 radical (unpaired) electrons. The van der Waals surface area contributed by atoms with E-state index in [1.54, 1.807) is 20.3 Å². The summed E-state index contributed by atoms with van der Waals surface area (Å²) in [5.74, 6) is 1.14. The molecule has 0 spiro atoms. The number of carbonyl (C=O) groups excluding carboxylic acids is 1. The molecule has 0 bridgehead atoms. The molecular weight excluding hydrogens is 340 g/mol. The molecule has 5 heteroatoms. The van der Waals surface area contributed by atoms with E-state index >= 15 is 0 Å². The van der Waals surface area contributed by atoms with Crippen molar-refractivity contribution in [1.82, 2.24) is 0 Å². The Kier molecular flexibility index (Phi) is 4.50. The fourth-order valence-electron chi connectivity index (χ4n) is 2.12. The van der Waals surface area contributed by atoms with Crippen molar-refractivity contribution < 1.29 is 14.3 Å². The van der Waals surface area contributed by atoms with Crippen LogP contribution in [-0.2, 0) is 0 Å². The topological polar surface area (TPSA) is 35.5 Å². The Labute approximate surface area is 130 Å². The van der Waals surface area contributed by atoms with Gasteiger partial charge in [-0.05, 0) is 42.5 Å². The number of carbonyl (C=O) groups is 1. The molecule has 0 saturated carbocycles. The van der Waals surface area contributed by atoms with Gasteiger partial charge in [-0.3, -0.25) is 4.79 Å². The summed E-state index contributed by atoms with van der Waals surface area (Å²) in [6.45, 7) is 3.82. The number of ketones is 1. The third-order valence-corrected chi connectivity index (χ3v) is 4.87. The lowest BCUT2D eigenvalue weighted by atomic mass is 9.99. The Bertz CT molecular complexity index is 661. The van der Waals surface area contributed by atoms with Crippen LogP contribution < -0.4 is 9.47 Å². The van der Waals surface area contributed by atoms with Gasteiger partial charge < -0.3 is 9.47 Å². The molecular formula is C15H15BrO3S. The van der Waals surface area contributed by atoms with E-state index in [1.165, 1.54) is 11.3 Å². The number of rotatable bonds is 4. The molecule has 0 atom stereocenters. The van der Waals surface area contributed by atoms with Crippen LogP contribution in [0.3, 0.4) is 0 Å². The third kappa shape index (κ3) is 2.47. The van der Waals surface area contributed by atoms with Crippen molar-refractivity contribution in [3.63, 3.8) is 0 Å². The van der Waals surface area contributed by atoms with E-state index in [4.69, 9.17) is 9.47 Å². The molecule has 1 aromatic heterocycles. The van der Waals surface area contributed by atoms with E-state index in [2.05, 4.69) is 15.9 Å². The molecule has 0 amide bonds. The van der Waals surface area contributed by atoms with Crippen LogP contribution in [0.15, 0.2) is 22.0 Å². The van der Waals surface area contributed by atoms with Crippen molar-refractivity contribution in [2.75, 3.05) is 14.2 Å². The van der Waals surface area contributed by atoms with Crippen molar-refractivity contribution in [3.8, 4) is 11.5 Å². The monoisotopic (exact) mass is 354 g/mol. The molecule has 2 aromatic rings. The highest BCUT2D eigenvalue weighted by atomic mass is 79.9. The lowest BCUT2D eigenvalue weighted by Crippen LogP contribution is -2.08. The summed E-state index contributed by atoms with van der Waals surface area (Å²) in [5, 5.41) is 1.85. The van der Waals surface area contributed by atoms with E-state index in [9.17, 15) is 4.79 Å². The van der Waals surface area contributed by atoms with Crippen LogP contribution in [0, 0.1) is 13.8 Å². The SMILES string of the molecule is COc1ccsc1C(=O)c1c(C)c(Br)cc(C)c1OC. The summed E-state index contributed by atoms with van der Waals surface area (Å²) in [5.41, 5.74) is 2.37. The predicted molar refractivity (Wildman–Crippen MR) is 84.5 cm³/mol. The maximum absolute atomic E-state index is 12.8. The second-order valence-electron chi connectivity index (χ2n) is 4.36. The minimum Gasteiger partial charge on any atom is -0.496 e. The number of aryl methyl sites for hydroxylation is 1. The fraction of sp³-hybridized carbons (Fsp3) is 0.267. The van der Waals surface area contributed by atoms with E-state index in [0.717, 1.165) is 15.6 Å². The number of methoxy groups -OCH3 is 2. The van der Waals surface area contributed by atoms with Crippen LogP contribution in [0.1, 0.15) is 26.4 Å². The van der Waals surface area contributed by atoms with Crippen LogP contribution in [0.4, 0.5) is 0 Å². The first-order valence-electron chi connectivity index (χ1n) is 6.01. The summed E-state index contributed by atoms with van der Waals surface area (Å²) >= 11 is 4.86. The van der Waals surface area contributed by atoms with E-state index in [1.807, 2.05) is 25.3 Å². The highest BCUT2D eigenvalue weighted by Gasteiger charge is 2.24. The van der Waals surface area contributed by atoms with Crippen molar-refractivity contribution in [3.05, 3.63) is 43.6 Å². The summed E-state index contributed by atoms with van der Waals surface area (Å²) in [7, 11) is 3.15. The molecule has 20 heavy (non-hydrogen) atoms. The third-order valence-electron chi connectivity index (χ3n) is 3.15. The zero-order valence-corrected chi connectivity index (χ0v) is 14.1. The lowest BCUT2D eigenvalue weighted by Gasteiger charge is -2.15. The average molecular weight is 355 g/mol. The minimum absolute atomic E-state index is 0.0735. The second kappa shape index (κ2) is 5.97. The maximum atomic E-state index is 12.8. The molecule has 3 nitrogen and oxygen atoms in total. The number of thiophene rings is 1. The molecule has 0 aliphatic heterocycles. The Hall–Kier alpha value is -1.33. The van der Waals surface area contributed by atoms with Crippen molar-refractivity contribution in [1.29, 1.82) is 0 Å². The molecule has 0 N–H and O–H groups in total. The summed E-state index contributed by atoms with van der Waals surface area (Å²) in [6, 6.07) is 3.75. The lowest BCUT2D eigenvalue weighted by molar-refractivity contribution is 0.103. The van der Waals surface area contributed by atoms with Gasteiger partial charge in [-0.2, -0.15) is 0 Å². The van der Waals surface area contributed by atoms with Crippen molar-refractivity contribution >= 4 is 33.0 Å². The molecule has 1 heterocycles. The van der Waals surface area contributed by atoms with Gasteiger partial charge in [-0.15, -0.1) is 11.3 Å². The first-order valence-corrected chi connectivity index (χ1v) is 7.68. The molecule has 0 aliphatic rings. The van der Waals surface area contributed by atoms with Gasteiger partial charge in [0.1, 0.15) is 16.4 Å². The van der Waals surface area contributed by atoms with Crippen LogP contribution in [0.5, 0.6) is 11.5 Å². The van der Waals surface area contributed by atoms with Gasteiger partial charge in [0.25, 0.3) is 0 Å². The molecule has 0 saturated heterocycles. The summed E-state index contributed by atoms with van der Waals surface area (Å²) in [6.07, 6.45) is 0. The minimum atomic E-state index is -0.0735. The van der Waals surface area contributed by atoms with Gasteiger partial charge in [-0.1, -0.05) is 15.9 Å². The highest BCUT2D eigenvalue weighted by molar-refractivity contribution is 9.10. The Morgan fingerprint density at radius 2 is 1.95 bits per heavy atom. The van der Waals surface area contributed by atoms with Gasteiger partial charge in [0, 0.05) is 4.47 Å². The summed E-state index contributed by atoms with van der Waals surface area (Å²) < 4.78 is 11.6. The Balaban J connectivity index is 2.66. The number of benzene rings is 1. The molecule has 0 fully saturated rings. The van der Waals surface area contributed by atoms with Gasteiger partial charge in [-0.25, -0.2) is 0 Å². The smallest absolute Gasteiger partial charge is 0.210 e. The van der Waals surface area contributed by atoms with Crippen LogP contribution in [0.25, 0.3) is 0 Å². The number of halogens is 1. The Morgan fingerprint density at radius 3 is 2.55 bits per heavy atom. The van der Waals surface area contributed by atoms with Gasteiger partial charge in [0.2, 0.25) is 5.78 Å². The van der Waals surface area contributed by atoms with E-state index in [-0.39, 0.29) is 5.78 Å². The first-order chi connectivity index (χ1) is 9.51. The zero-order chi connectivity index (χ0) is 14.9. The molecule has 0 aliphatic carbocycles. The largest absolute Gasteiger partial charge is 0.496 e.